The van der Waals surface area contributed by atoms with E-state index in [9.17, 15) is 0 Å². The molecule has 3 aromatic rings. The molecule has 0 unspecified atom stereocenters. The zero-order valence-corrected chi connectivity index (χ0v) is 37.7. The van der Waals surface area contributed by atoms with E-state index in [2.05, 4.69) is 79.7 Å². The standard InChI is InChI=1S/C36H44N4.2C5H9N2.Ir/c1-9-21-22(10-2)30-18-32-25(13-5)26(14-6)34(39-32)20-36-28(16-8)27(15-7)35(40-36)19-33-24(12-4)23(11-3)31(38-33)17-29(21)37-30;2*1-6-3-4-7(2)5-6;/h17-20H,9-16H2,1-8H3;2*3-5H,1-2H3;/q-2;2*-1;. The monoisotopic (exact) mass is 919 g/mol. The quantitative estimate of drug-likeness (QED) is 0.207. The smallest absolute Gasteiger partial charge is 0.0660 e. The van der Waals surface area contributed by atoms with E-state index in [-0.39, 0.29) is 20.1 Å². The van der Waals surface area contributed by atoms with Gasteiger partial charge in [-0.05, 0) is 127 Å². The molecule has 0 atom stereocenters. The summed E-state index contributed by atoms with van der Waals surface area (Å²) in [6, 6.07) is 8.98. The molecule has 0 aromatic carbocycles. The van der Waals surface area contributed by atoms with Crippen LogP contribution in [0.4, 0.5) is 0 Å². The predicted molar refractivity (Wildman–Crippen MR) is 229 cm³/mol. The maximum atomic E-state index is 5.25. The number of hydrogen-bond donors (Lipinski definition) is 0. The van der Waals surface area contributed by atoms with Crippen molar-refractivity contribution in [2.75, 3.05) is 28.2 Å². The molecule has 0 fully saturated rings. The first kappa shape index (κ1) is 43.7. The fourth-order valence-electron chi connectivity index (χ4n) is 8.07. The van der Waals surface area contributed by atoms with Gasteiger partial charge in [0.25, 0.3) is 0 Å². The van der Waals surface area contributed by atoms with Crippen LogP contribution in [0.25, 0.3) is 44.4 Å². The third kappa shape index (κ3) is 9.49. The summed E-state index contributed by atoms with van der Waals surface area (Å²) in [6.45, 7) is 21.9. The Bertz CT molecular complexity index is 1810. The summed E-state index contributed by atoms with van der Waals surface area (Å²) in [4.78, 5) is 29.0. The zero-order chi connectivity index (χ0) is 39.1. The Balaban J connectivity index is 0.000000374. The van der Waals surface area contributed by atoms with Crippen molar-refractivity contribution in [3.8, 4) is 0 Å². The van der Waals surface area contributed by atoms with Gasteiger partial charge in [-0.15, -0.1) is 22.1 Å². The number of rotatable bonds is 8. The number of fused-ring (bicyclic) bond motifs is 8. The Morgan fingerprint density at radius 1 is 0.400 bits per heavy atom. The molecule has 0 amide bonds. The third-order valence-corrected chi connectivity index (χ3v) is 10.6. The average molecular weight is 919 g/mol. The van der Waals surface area contributed by atoms with Gasteiger partial charge < -0.3 is 29.6 Å². The normalized spacial score (nSPS) is 14.8. The summed E-state index contributed by atoms with van der Waals surface area (Å²) in [6.07, 6.45) is 15.6. The first-order chi connectivity index (χ1) is 26.0. The number of nitrogens with zero attached hydrogens (tertiary/aromatic N) is 8. The minimum absolute atomic E-state index is 0. The molecule has 299 valence electrons. The minimum Gasteiger partial charge on any atom is -0.657 e. The molecule has 1 radical (unpaired) electrons. The van der Waals surface area contributed by atoms with Gasteiger partial charge in [-0.2, -0.15) is 13.3 Å². The molecule has 8 bridgehead atoms. The van der Waals surface area contributed by atoms with Crippen LogP contribution >= 0.6 is 0 Å². The van der Waals surface area contributed by atoms with Crippen molar-refractivity contribution in [1.82, 2.24) is 39.5 Å². The van der Waals surface area contributed by atoms with Crippen molar-refractivity contribution in [1.29, 1.82) is 0 Å². The number of allylic oxidation sites excluding steroid dienone is 4. The van der Waals surface area contributed by atoms with E-state index >= 15 is 0 Å². The topological polar surface area (TPSA) is 66.9 Å². The van der Waals surface area contributed by atoms with Crippen LogP contribution in [-0.2, 0) is 45.8 Å². The maximum absolute atomic E-state index is 5.25. The summed E-state index contributed by atoms with van der Waals surface area (Å²) in [5, 5.41) is 0. The molecule has 9 heteroatoms. The largest absolute Gasteiger partial charge is 0.657 e. The molecule has 4 aliphatic rings. The Morgan fingerprint density at radius 2 is 0.618 bits per heavy atom. The third-order valence-electron chi connectivity index (χ3n) is 10.6. The van der Waals surface area contributed by atoms with Crippen molar-refractivity contribution < 1.29 is 20.1 Å². The Kier molecular flexibility index (Phi) is 15.6. The molecule has 4 aliphatic heterocycles. The van der Waals surface area contributed by atoms with E-state index in [0.29, 0.717) is 0 Å². The first-order valence-electron chi connectivity index (χ1n) is 20.1. The second kappa shape index (κ2) is 19.7. The van der Waals surface area contributed by atoms with Gasteiger partial charge in [0.2, 0.25) is 0 Å². The number of aryl methyl sites for hydroxylation is 4. The van der Waals surface area contributed by atoms with Crippen LogP contribution in [-0.4, -0.2) is 57.8 Å². The molecule has 7 rings (SSSR count). The van der Waals surface area contributed by atoms with Crippen molar-refractivity contribution in [3.05, 3.63) is 107 Å². The van der Waals surface area contributed by atoms with E-state index in [0.717, 1.165) is 96.2 Å². The zero-order valence-electron chi connectivity index (χ0n) is 35.3. The number of hydrogen-bond acceptors (Lipinski definition) is 6. The van der Waals surface area contributed by atoms with Gasteiger partial charge >= 0.3 is 0 Å². The maximum Gasteiger partial charge on any atom is 0.0660 e. The van der Waals surface area contributed by atoms with Crippen molar-refractivity contribution >= 4 is 44.4 Å². The van der Waals surface area contributed by atoms with Gasteiger partial charge in [-0.25, -0.2) is 9.97 Å². The Hall–Kier alpha value is -4.07. The molecule has 0 aliphatic carbocycles. The first-order valence-corrected chi connectivity index (χ1v) is 20.1. The fraction of sp³-hybridized carbons (Fsp3) is 0.435. The van der Waals surface area contributed by atoms with Crippen LogP contribution in [0.15, 0.2) is 49.1 Å². The van der Waals surface area contributed by atoms with Gasteiger partial charge in [0.15, 0.2) is 0 Å². The van der Waals surface area contributed by atoms with Gasteiger partial charge in [0, 0.05) is 20.1 Å². The minimum atomic E-state index is 0. The van der Waals surface area contributed by atoms with Gasteiger partial charge in [-0.3, -0.25) is 0 Å². The molecule has 0 saturated heterocycles. The summed E-state index contributed by atoms with van der Waals surface area (Å²) in [5.41, 5.74) is 19.1. The summed E-state index contributed by atoms with van der Waals surface area (Å²) >= 11 is 0. The van der Waals surface area contributed by atoms with Crippen LogP contribution in [0.2, 0.25) is 0 Å². The molecule has 0 saturated carbocycles. The molecule has 55 heavy (non-hydrogen) atoms. The van der Waals surface area contributed by atoms with Crippen molar-refractivity contribution in [2.24, 2.45) is 0 Å². The van der Waals surface area contributed by atoms with Gasteiger partial charge in [-0.1, -0.05) is 102 Å². The predicted octanol–water partition coefficient (Wildman–Crippen LogP) is 10.2. The SMILES string of the molecule is CCC1=C(CC)c2cc3[n-]c(cc4nc(cc5[n-]c(cc1n2)c(CC)c5CC)C(CC)=C4CC)c(CC)c3CC.CN1C=CN(C)[CH-]1.CN1C=CN(C)[CH-]1.[Ir]. The van der Waals surface area contributed by atoms with E-state index < -0.39 is 0 Å². The summed E-state index contributed by atoms with van der Waals surface area (Å²) in [5.74, 6) is 0. The van der Waals surface area contributed by atoms with E-state index in [1.807, 2.05) is 85.9 Å². The van der Waals surface area contributed by atoms with Crippen LogP contribution in [0.5, 0.6) is 0 Å². The van der Waals surface area contributed by atoms with Crippen molar-refractivity contribution in [2.45, 2.75) is 107 Å². The molecular weight excluding hydrogens is 857 g/mol. The van der Waals surface area contributed by atoms with E-state index in [4.69, 9.17) is 19.9 Å². The Morgan fingerprint density at radius 3 is 0.764 bits per heavy atom. The summed E-state index contributed by atoms with van der Waals surface area (Å²) in [7, 11) is 8.00. The molecule has 0 N–H and O–H groups in total. The molecule has 0 spiro atoms. The fourth-order valence-corrected chi connectivity index (χ4v) is 8.07. The average Bonchev–Trinajstić information content (AvgIpc) is 4.00. The van der Waals surface area contributed by atoms with E-state index in [1.54, 1.807) is 0 Å². The molecule has 3 aromatic heterocycles. The number of aromatic nitrogens is 4. The molecular formula is C46H62IrN8-4. The molecule has 8 nitrogen and oxygen atoms in total. The van der Waals surface area contributed by atoms with Crippen molar-refractivity contribution in [3.63, 3.8) is 0 Å². The van der Waals surface area contributed by atoms with E-state index in [1.165, 1.54) is 44.5 Å². The summed E-state index contributed by atoms with van der Waals surface area (Å²) < 4.78 is 0. The van der Waals surface area contributed by atoms with Crippen LogP contribution in [0, 0.1) is 13.3 Å². The second-order valence-corrected chi connectivity index (χ2v) is 14.3. The Labute approximate surface area is 344 Å². The van der Waals surface area contributed by atoms with Crippen LogP contribution in [0.1, 0.15) is 126 Å². The molecule has 7 heterocycles. The van der Waals surface area contributed by atoms with Crippen LogP contribution < -0.4 is 9.97 Å². The van der Waals surface area contributed by atoms with Gasteiger partial charge in [0.05, 0.1) is 22.8 Å². The van der Waals surface area contributed by atoms with Gasteiger partial charge in [0.1, 0.15) is 0 Å². The van der Waals surface area contributed by atoms with Crippen LogP contribution in [0.3, 0.4) is 0 Å². The second-order valence-electron chi connectivity index (χ2n) is 14.3.